The molecule has 676 valence electrons. The Bertz CT molecular complexity index is 7300. The van der Waals surface area contributed by atoms with E-state index in [1.807, 2.05) is 0 Å². The largest absolute Gasteiger partial charge is 0.220 e. The second kappa shape index (κ2) is 39.6. The van der Waals surface area contributed by atoms with Gasteiger partial charge in [0.1, 0.15) is 29.2 Å². The van der Waals surface area contributed by atoms with Crippen LogP contribution in [0.1, 0.15) is 149 Å². The van der Waals surface area contributed by atoms with Crippen LogP contribution >= 0.6 is 0 Å². The zero-order chi connectivity index (χ0) is 93.8. The van der Waals surface area contributed by atoms with Gasteiger partial charge in [-0.3, -0.25) is 0 Å². The second-order valence-corrected chi connectivity index (χ2v) is 52.9. The van der Waals surface area contributed by atoms with Crippen molar-refractivity contribution in [3.63, 3.8) is 0 Å². The predicted octanol–water partition coefficient (Wildman–Crippen LogP) is 25.6. The maximum absolute atomic E-state index is 2.62. The number of benzene rings is 16. The molecule has 3 aliphatic rings. The van der Waals surface area contributed by atoms with Crippen molar-refractivity contribution in [2.45, 2.75) is 148 Å². The van der Waals surface area contributed by atoms with Crippen LogP contribution in [0.2, 0.25) is 11.6 Å². The highest BCUT2D eigenvalue weighted by atomic mass is 28.3. The average molecular weight is 1830 g/mol. The number of hydrogen-bond donors (Lipinski definition) is 0. The third-order valence-electron chi connectivity index (χ3n) is 31.5. The van der Waals surface area contributed by atoms with E-state index in [0.717, 1.165) is 0 Å². The summed E-state index contributed by atoms with van der Waals surface area (Å²) in [5.74, 6) is 1.93. The minimum atomic E-state index is -2.62. The molecule has 22 rings (SSSR count). The Hall–Kier alpha value is -13.6. The Morgan fingerprint density at radius 2 is 0.474 bits per heavy atom. The highest BCUT2D eigenvalue weighted by molar-refractivity contribution is 7.20. The fourth-order valence-electron chi connectivity index (χ4n) is 24.5. The molecule has 0 bridgehead atoms. The lowest BCUT2D eigenvalue weighted by atomic mass is 9.85. The van der Waals surface area contributed by atoms with Gasteiger partial charge in [-0.15, -0.1) is 0 Å². The van der Waals surface area contributed by atoms with Crippen molar-refractivity contribution in [2.24, 2.45) is 21.1 Å². The summed E-state index contributed by atoms with van der Waals surface area (Å²) in [6.07, 6.45) is 22.6. The molecule has 0 N–H and O–H groups in total. The van der Waals surface area contributed by atoms with E-state index in [9.17, 15) is 0 Å². The maximum Gasteiger partial charge on any atom is 0.220 e. The smallest absolute Gasteiger partial charge is 0.200 e. The van der Waals surface area contributed by atoms with Crippen molar-refractivity contribution in [3.05, 3.63) is 464 Å². The van der Waals surface area contributed by atoms with E-state index >= 15 is 0 Å². The second-order valence-electron chi connectivity index (χ2n) is 40.4. The molecule has 0 spiro atoms. The van der Waals surface area contributed by atoms with Gasteiger partial charge in [0.2, 0.25) is 17.1 Å². The van der Waals surface area contributed by atoms with E-state index in [1.165, 1.54) is 262 Å². The van der Waals surface area contributed by atoms with E-state index in [-0.39, 0.29) is 5.04 Å². The number of aryl methyl sites for hydroxylation is 3. The Morgan fingerprint density at radius 1 is 0.234 bits per heavy atom. The summed E-state index contributed by atoms with van der Waals surface area (Å²) in [4.78, 5) is 0. The summed E-state index contributed by atoms with van der Waals surface area (Å²) in [6.45, 7) is 16.9. The van der Waals surface area contributed by atoms with Crippen molar-refractivity contribution < 1.29 is 13.7 Å². The lowest BCUT2D eigenvalue weighted by Gasteiger charge is -2.44. The number of rotatable bonds is 19. The number of nitrogens with zero attached hydrogens (tertiary/aromatic N) is 3. The molecule has 0 aliphatic heterocycles. The van der Waals surface area contributed by atoms with Gasteiger partial charge < -0.3 is 0 Å². The summed E-state index contributed by atoms with van der Waals surface area (Å²) in [5, 5.41) is 22.2. The summed E-state index contributed by atoms with van der Waals surface area (Å²) >= 11 is 0. The molecule has 137 heavy (non-hydrogen) atoms. The van der Waals surface area contributed by atoms with E-state index in [4.69, 9.17) is 0 Å². The number of pyridine rings is 3. The first kappa shape index (κ1) is 91.2. The fraction of sp³-hybridized carbons (Fsp3) is 0.198. The molecule has 3 nitrogen and oxygen atoms in total. The van der Waals surface area contributed by atoms with Crippen molar-refractivity contribution >= 4 is 108 Å². The maximum atomic E-state index is 2.53. The first-order chi connectivity index (χ1) is 67.0. The number of hydrogen-bond acceptors (Lipinski definition) is 0. The zero-order valence-electron chi connectivity index (χ0n) is 81.6. The minimum absolute atomic E-state index is 0.0441. The first-order valence-electron chi connectivity index (χ1n) is 50.3. The highest BCUT2D eigenvalue weighted by Crippen LogP contribution is 2.47. The summed E-state index contributed by atoms with van der Waals surface area (Å²) in [6, 6.07) is 155. The third kappa shape index (κ3) is 17.5. The molecule has 0 atom stereocenters. The summed E-state index contributed by atoms with van der Waals surface area (Å²) in [7, 11) is -0.642. The SMILES string of the molecule is Cc1c(-c2c3ccc([Si](C)(c4ccccc4)c4ccccc4)cc3cc[n+]2C)cc(-c2ccccc2)cc1C1CCCC1.Cc1c(-c2c3ccc([Si](c4ccccc4)(c4ccccc4)C(C)(C)C)cc3cc[n+]2C)cc(-c2ccccc2)cc1C1CCCC1.Cc1c(-c2c3ccc([Si](c4ccccc4)(c4ccccc4)c4ccccc4)cc3cc[n+]2C)cc(-c2ccccc2)cc1C1CCCC1. The van der Waals surface area contributed by atoms with E-state index < -0.39 is 24.2 Å². The lowest BCUT2D eigenvalue weighted by Crippen LogP contribution is -2.74. The van der Waals surface area contributed by atoms with E-state index in [2.05, 4.69) is 514 Å². The third-order valence-corrected chi connectivity index (χ3v) is 46.6. The Kier molecular flexibility index (Phi) is 26.4. The van der Waals surface area contributed by atoms with Gasteiger partial charge in [0.15, 0.2) is 34.7 Å². The van der Waals surface area contributed by atoms with Crippen LogP contribution in [0.3, 0.4) is 0 Å². The van der Waals surface area contributed by atoms with Gasteiger partial charge in [-0.1, -0.05) is 424 Å². The van der Waals surface area contributed by atoms with Gasteiger partial charge in [0.25, 0.3) is 0 Å². The number of aromatic nitrogens is 3. The minimum Gasteiger partial charge on any atom is -0.200 e. The standard InChI is InChI=1S/C46H42NSi.C44H46NSi.C41H40NSi/c1-34-44(36-19-15-16-20-36)32-38(35-17-7-3-8-18-35)33-45(34)46-43-28-27-42(31-37(43)29-30-47(46)2)48(39-21-9-4-10-22-39,40-23-11-5-12-24-40)41-25-13-6-14-26-41;1-32-41(34-19-15-16-20-34)30-36(33-17-9-6-10-18-33)31-42(32)43-40-26-25-39(29-35(40)27-28-45(43)5)46(44(2,3)4,37-21-11-7-12-22-37)38-23-13-8-14-24-38;1-30-39(32-17-13-14-18-32)28-34(31-15-7-4-8-16-31)29-40(30)41-38-24-23-37(27-33(38)25-26-42(41)2)43(3,35-19-9-5-10-20-35)36-21-11-6-12-22-36/h3-14,17-18,21-33,36H,15-16,19-20H2,1-2H3;6-14,17-18,21-31,34H,15-16,19-20H2,1-5H3;4-12,15-16,19-29,32H,13-14,17-18H2,1-3H3/q3*+1. The van der Waals surface area contributed by atoms with Gasteiger partial charge in [-0.2, -0.15) is 0 Å². The predicted molar refractivity (Wildman–Crippen MR) is 590 cm³/mol. The van der Waals surface area contributed by atoms with Crippen LogP contribution in [0.5, 0.6) is 0 Å². The molecule has 0 saturated heterocycles. The molecule has 0 amide bonds. The Labute approximate surface area is 816 Å². The molecule has 3 heterocycles. The van der Waals surface area contributed by atoms with Gasteiger partial charge >= 0.3 is 0 Å². The fourth-order valence-corrected chi connectivity index (χ4v) is 38.6. The van der Waals surface area contributed by atoms with Crippen LogP contribution < -0.4 is 65.6 Å². The van der Waals surface area contributed by atoms with Crippen LogP contribution in [-0.2, 0) is 21.1 Å². The van der Waals surface area contributed by atoms with Crippen molar-refractivity contribution in [3.8, 4) is 67.2 Å². The molecule has 6 heteroatoms. The van der Waals surface area contributed by atoms with Gasteiger partial charge in [0.05, 0.1) is 32.8 Å². The lowest BCUT2D eigenvalue weighted by molar-refractivity contribution is -0.659. The van der Waals surface area contributed by atoms with Crippen LogP contribution in [0.25, 0.3) is 99.5 Å². The summed E-state index contributed by atoms with van der Waals surface area (Å²) < 4.78 is 7.02. The highest BCUT2D eigenvalue weighted by Gasteiger charge is 2.50. The van der Waals surface area contributed by atoms with Crippen LogP contribution in [-0.4, -0.2) is 24.2 Å². The van der Waals surface area contributed by atoms with Crippen molar-refractivity contribution in [1.29, 1.82) is 0 Å². The van der Waals surface area contributed by atoms with Crippen LogP contribution in [0, 0.1) is 20.8 Å². The van der Waals surface area contributed by atoms with Crippen molar-refractivity contribution in [1.82, 2.24) is 0 Å². The molecule has 3 fully saturated rings. The van der Waals surface area contributed by atoms with Crippen LogP contribution in [0.4, 0.5) is 0 Å². The molecular formula is C131H128N3Si3+3. The number of fused-ring (bicyclic) bond motifs is 3. The molecule has 19 aromatic rings. The molecule has 0 radical (unpaired) electrons. The quantitative estimate of drug-likeness (QED) is 0.0434. The molecule has 3 saturated carbocycles. The summed E-state index contributed by atoms with van der Waals surface area (Å²) in [5.41, 5.74) is 24.7. The Balaban J connectivity index is 0.000000127. The van der Waals surface area contributed by atoms with Crippen molar-refractivity contribution in [2.75, 3.05) is 0 Å². The normalized spacial score (nSPS) is 13.9. The van der Waals surface area contributed by atoms with Crippen LogP contribution in [0.15, 0.2) is 431 Å². The van der Waals surface area contributed by atoms with Gasteiger partial charge in [-0.25, -0.2) is 13.7 Å². The van der Waals surface area contributed by atoms with Gasteiger partial charge in [-0.05, 0) is 253 Å². The molecule has 0 unspecified atom stereocenters. The van der Waals surface area contributed by atoms with E-state index in [0.29, 0.717) is 17.8 Å². The monoisotopic (exact) mass is 1830 g/mol. The van der Waals surface area contributed by atoms with E-state index in [1.54, 1.807) is 0 Å². The molecule has 3 aliphatic carbocycles. The Morgan fingerprint density at radius 3 is 0.759 bits per heavy atom. The molecule has 3 aromatic heterocycles. The molecule has 16 aromatic carbocycles. The topological polar surface area (TPSA) is 11.6 Å². The first-order valence-corrected chi connectivity index (χ1v) is 56.8. The zero-order valence-corrected chi connectivity index (χ0v) is 84.6. The van der Waals surface area contributed by atoms with Gasteiger partial charge in [0, 0.05) is 18.2 Å². The average Bonchev–Trinajstić information content (AvgIpc) is 1.53. The molecular weight excluding hydrogens is 1700 g/mol.